The van der Waals surface area contributed by atoms with Crippen molar-refractivity contribution in [3.8, 4) is 0 Å². The van der Waals surface area contributed by atoms with Crippen LogP contribution >= 0.6 is 0 Å². The molecule has 0 aliphatic carbocycles. The van der Waals surface area contributed by atoms with Crippen LogP contribution in [0.15, 0.2) is 6.07 Å². The highest BCUT2D eigenvalue weighted by Crippen LogP contribution is 2.11. The largest absolute Gasteiger partial charge is 0.382 e. The van der Waals surface area contributed by atoms with Gasteiger partial charge in [-0.15, -0.1) is 0 Å². The molecule has 2 rings (SSSR count). The van der Waals surface area contributed by atoms with Gasteiger partial charge in [-0.25, -0.2) is 0 Å². The molecule has 0 bridgehead atoms. The van der Waals surface area contributed by atoms with E-state index in [0.717, 1.165) is 0 Å². The molecule has 1 aliphatic rings. The molecular formula is C9H14N4O2. The number of aromatic nitrogens is 2. The van der Waals surface area contributed by atoms with Crippen LogP contribution in [-0.4, -0.2) is 46.8 Å². The van der Waals surface area contributed by atoms with E-state index < -0.39 is 0 Å². The van der Waals surface area contributed by atoms with E-state index in [9.17, 15) is 4.79 Å². The molecule has 6 heteroatoms. The summed E-state index contributed by atoms with van der Waals surface area (Å²) in [5.41, 5.74) is 5.87. The van der Waals surface area contributed by atoms with Gasteiger partial charge in [-0.2, -0.15) is 5.10 Å². The number of rotatable bonds is 1. The number of amides is 1. The molecule has 6 nitrogen and oxygen atoms in total. The Morgan fingerprint density at radius 1 is 1.80 bits per heavy atom. The molecule has 0 spiro atoms. The second-order valence-corrected chi connectivity index (χ2v) is 3.63. The molecule has 82 valence electrons. The quantitative estimate of drug-likeness (QED) is 0.675. The summed E-state index contributed by atoms with van der Waals surface area (Å²) < 4.78 is 5.26. The Labute approximate surface area is 87.4 Å². The van der Waals surface area contributed by atoms with E-state index in [1.165, 1.54) is 0 Å². The van der Waals surface area contributed by atoms with Crippen LogP contribution in [0.25, 0.3) is 0 Å². The first-order valence-corrected chi connectivity index (χ1v) is 4.88. The van der Waals surface area contributed by atoms with E-state index in [4.69, 9.17) is 10.5 Å². The second-order valence-electron chi connectivity index (χ2n) is 3.63. The Balaban J connectivity index is 2.13. The molecule has 0 aromatic carbocycles. The van der Waals surface area contributed by atoms with Gasteiger partial charge in [0.1, 0.15) is 11.5 Å². The lowest BCUT2D eigenvalue weighted by molar-refractivity contribution is 0.00327. The summed E-state index contributed by atoms with van der Waals surface area (Å²) in [5.74, 6) is 0.259. The summed E-state index contributed by atoms with van der Waals surface area (Å²) in [7, 11) is 0. The first kappa shape index (κ1) is 9.97. The van der Waals surface area contributed by atoms with Crippen molar-refractivity contribution in [2.24, 2.45) is 0 Å². The summed E-state index contributed by atoms with van der Waals surface area (Å²) in [6.07, 6.45) is 0. The van der Waals surface area contributed by atoms with Crippen LogP contribution in [0, 0.1) is 0 Å². The maximum Gasteiger partial charge on any atom is 0.272 e. The third kappa shape index (κ3) is 1.94. The van der Waals surface area contributed by atoms with E-state index >= 15 is 0 Å². The van der Waals surface area contributed by atoms with Crippen molar-refractivity contribution in [1.82, 2.24) is 15.1 Å². The van der Waals surface area contributed by atoms with Crippen molar-refractivity contribution in [3.63, 3.8) is 0 Å². The lowest BCUT2D eigenvalue weighted by Crippen LogP contribution is -2.47. The molecule has 0 unspecified atom stereocenters. The van der Waals surface area contributed by atoms with Gasteiger partial charge in [0.2, 0.25) is 0 Å². The first-order chi connectivity index (χ1) is 7.18. The number of H-pyrrole nitrogens is 1. The predicted octanol–water partition coefficient (Wildman–Crippen LogP) is -0.147. The Morgan fingerprint density at radius 3 is 3.20 bits per heavy atom. The Morgan fingerprint density at radius 2 is 2.60 bits per heavy atom. The summed E-state index contributed by atoms with van der Waals surface area (Å²) in [4.78, 5) is 13.7. The smallest absolute Gasteiger partial charge is 0.272 e. The van der Waals surface area contributed by atoms with E-state index in [0.29, 0.717) is 31.3 Å². The summed E-state index contributed by atoms with van der Waals surface area (Å²) >= 11 is 0. The van der Waals surface area contributed by atoms with Crippen LogP contribution in [0.4, 0.5) is 5.82 Å². The van der Waals surface area contributed by atoms with Gasteiger partial charge in [-0.3, -0.25) is 9.89 Å². The van der Waals surface area contributed by atoms with Crippen LogP contribution in [0.3, 0.4) is 0 Å². The normalized spacial score (nSPS) is 21.7. The highest BCUT2D eigenvalue weighted by molar-refractivity contribution is 5.93. The van der Waals surface area contributed by atoms with Gasteiger partial charge in [0.05, 0.1) is 19.3 Å². The Kier molecular flexibility index (Phi) is 2.59. The van der Waals surface area contributed by atoms with E-state index in [2.05, 4.69) is 10.2 Å². The SMILES string of the molecule is C[C@@H]1COCCN1C(=O)c1cc(N)n[nH]1. The molecule has 1 aliphatic heterocycles. The number of carbonyl (C=O) groups is 1. The van der Waals surface area contributed by atoms with E-state index in [1.54, 1.807) is 11.0 Å². The molecule has 0 saturated carbocycles. The minimum absolute atomic E-state index is 0.0741. The van der Waals surface area contributed by atoms with E-state index in [1.807, 2.05) is 6.92 Å². The third-order valence-corrected chi connectivity index (χ3v) is 2.46. The van der Waals surface area contributed by atoms with Crippen LogP contribution in [0.1, 0.15) is 17.4 Å². The standard InChI is InChI=1S/C9H14N4O2/c1-6-5-15-3-2-13(6)9(14)7-4-8(10)12-11-7/h4,6H,2-3,5H2,1H3,(H3,10,11,12)/t6-/m1/s1. The molecule has 2 heterocycles. The van der Waals surface area contributed by atoms with Crippen molar-refractivity contribution in [3.05, 3.63) is 11.8 Å². The number of nitrogens with zero attached hydrogens (tertiary/aromatic N) is 2. The molecule has 0 radical (unpaired) electrons. The minimum Gasteiger partial charge on any atom is -0.382 e. The first-order valence-electron chi connectivity index (χ1n) is 4.88. The highest BCUT2D eigenvalue weighted by atomic mass is 16.5. The number of aromatic amines is 1. The number of nitrogens with two attached hydrogens (primary N) is 1. The molecule has 3 N–H and O–H groups in total. The molecule has 15 heavy (non-hydrogen) atoms. The highest BCUT2D eigenvalue weighted by Gasteiger charge is 2.25. The van der Waals surface area contributed by atoms with Crippen LogP contribution in [0.5, 0.6) is 0 Å². The number of carbonyl (C=O) groups excluding carboxylic acids is 1. The monoisotopic (exact) mass is 210 g/mol. The van der Waals surface area contributed by atoms with Crippen molar-refractivity contribution in [2.75, 3.05) is 25.5 Å². The molecule has 1 amide bonds. The van der Waals surface area contributed by atoms with Crippen molar-refractivity contribution < 1.29 is 9.53 Å². The Hall–Kier alpha value is -1.56. The number of hydrogen-bond donors (Lipinski definition) is 2. The maximum absolute atomic E-state index is 12.0. The maximum atomic E-state index is 12.0. The summed E-state index contributed by atoms with van der Waals surface area (Å²) in [6.45, 7) is 3.73. The zero-order chi connectivity index (χ0) is 10.8. The number of anilines is 1. The molecule has 1 atom stereocenters. The lowest BCUT2D eigenvalue weighted by atomic mass is 10.2. The van der Waals surface area contributed by atoms with Gasteiger partial charge in [0, 0.05) is 12.6 Å². The van der Waals surface area contributed by atoms with Crippen LogP contribution in [0.2, 0.25) is 0 Å². The average Bonchev–Trinajstić information content (AvgIpc) is 2.65. The average molecular weight is 210 g/mol. The number of nitrogens with one attached hydrogen (secondary N) is 1. The number of hydrogen-bond acceptors (Lipinski definition) is 4. The second kappa shape index (κ2) is 3.90. The zero-order valence-corrected chi connectivity index (χ0v) is 8.56. The molecule has 1 saturated heterocycles. The van der Waals surface area contributed by atoms with Crippen molar-refractivity contribution in [1.29, 1.82) is 0 Å². The molecule has 1 fully saturated rings. The van der Waals surface area contributed by atoms with Gasteiger partial charge >= 0.3 is 0 Å². The number of morpholine rings is 1. The summed E-state index contributed by atoms with van der Waals surface area (Å²) in [6, 6.07) is 1.64. The molecular weight excluding hydrogens is 196 g/mol. The third-order valence-electron chi connectivity index (χ3n) is 2.46. The number of ether oxygens (including phenoxy) is 1. The Bertz CT molecular complexity index is 363. The minimum atomic E-state index is -0.0741. The zero-order valence-electron chi connectivity index (χ0n) is 8.56. The van der Waals surface area contributed by atoms with Gasteiger partial charge in [0.15, 0.2) is 0 Å². The topological polar surface area (TPSA) is 84.2 Å². The summed E-state index contributed by atoms with van der Waals surface area (Å²) in [5, 5.41) is 6.35. The van der Waals surface area contributed by atoms with Gasteiger partial charge in [-0.05, 0) is 6.92 Å². The van der Waals surface area contributed by atoms with Crippen molar-refractivity contribution in [2.45, 2.75) is 13.0 Å². The van der Waals surface area contributed by atoms with Gasteiger partial charge in [0.25, 0.3) is 5.91 Å². The van der Waals surface area contributed by atoms with Gasteiger partial charge < -0.3 is 15.4 Å². The molecule has 1 aromatic heterocycles. The fraction of sp³-hybridized carbons (Fsp3) is 0.556. The van der Waals surface area contributed by atoms with E-state index in [-0.39, 0.29) is 11.9 Å². The molecule has 1 aromatic rings. The van der Waals surface area contributed by atoms with Crippen LogP contribution in [-0.2, 0) is 4.74 Å². The number of nitrogen functional groups attached to an aromatic ring is 1. The predicted molar refractivity (Wildman–Crippen MR) is 54.3 cm³/mol. The van der Waals surface area contributed by atoms with Crippen molar-refractivity contribution >= 4 is 11.7 Å². The van der Waals surface area contributed by atoms with Gasteiger partial charge in [-0.1, -0.05) is 0 Å². The lowest BCUT2D eigenvalue weighted by Gasteiger charge is -2.32. The fourth-order valence-electron chi connectivity index (χ4n) is 1.63. The fourth-order valence-corrected chi connectivity index (χ4v) is 1.63. The van der Waals surface area contributed by atoms with Crippen LogP contribution < -0.4 is 5.73 Å².